The Hall–Kier alpha value is -4.12. The van der Waals surface area contributed by atoms with Crippen molar-refractivity contribution < 1.29 is 46.8 Å². The normalized spacial score (nSPS) is 20.4. The Morgan fingerprint density at radius 2 is 1.60 bits per heavy atom. The predicted molar refractivity (Wildman–Crippen MR) is 186 cm³/mol. The van der Waals surface area contributed by atoms with Crippen LogP contribution in [0.15, 0.2) is 81.9 Å². The maximum absolute atomic E-state index is 9.08. The number of pyridine rings is 2. The fourth-order valence-electron chi connectivity index (χ4n) is 5.70. The van der Waals surface area contributed by atoms with Crippen molar-refractivity contribution in [2.24, 2.45) is 5.41 Å². The number of hydrogen-bond acceptors (Lipinski definition) is 5. The molecular formula is C41H39IrN3O2-2. The molecule has 3 aromatic carbocycles. The third-order valence-corrected chi connectivity index (χ3v) is 8.48. The summed E-state index contributed by atoms with van der Waals surface area (Å²) in [5.74, 6) is -0.511. The van der Waals surface area contributed by atoms with Crippen LogP contribution in [0.5, 0.6) is 0 Å². The van der Waals surface area contributed by atoms with Gasteiger partial charge in [-0.2, -0.15) is 0 Å². The molecular weight excluding hydrogens is 759 g/mol. The molecule has 0 spiro atoms. The second-order valence-electron chi connectivity index (χ2n) is 12.3. The van der Waals surface area contributed by atoms with Crippen LogP contribution in [0, 0.1) is 45.0 Å². The van der Waals surface area contributed by atoms with Crippen molar-refractivity contribution >= 4 is 33.0 Å². The molecule has 241 valence electrons. The minimum atomic E-state index is -2.65. The van der Waals surface area contributed by atoms with Crippen molar-refractivity contribution in [3.63, 3.8) is 0 Å². The van der Waals surface area contributed by atoms with Crippen molar-refractivity contribution in [1.29, 1.82) is 0 Å². The topological polar surface area (TPSA) is 65.0 Å². The van der Waals surface area contributed by atoms with Crippen molar-refractivity contribution in [3.05, 3.63) is 113 Å². The van der Waals surface area contributed by atoms with Gasteiger partial charge in [-0.15, -0.1) is 53.6 Å². The SMILES string of the molecule is [2H]C([2H])([2H])c1c[c-]c(-c2ccc(C([2H])([2H])[2H])cn2)cc1.[2H]C([2H])([2H])c1cnc(-c2[c-]ccc3c2oc2c3ccc3oc(C4([2H])CCC(C)(C)CC4)nc32)cc1C([2H])([2H])[2H].[Ir]. The Balaban J connectivity index is 0.000000243. The van der Waals surface area contributed by atoms with E-state index in [1.807, 2.05) is 18.2 Å². The minimum absolute atomic E-state index is 0. The first-order valence-electron chi connectivity index (χ1n) is 21.5. The third-order valence-electron chi connectivity index (χ3n) is 8.48. The third kappa shape index (κ3) is 6.68. The molecule has 1 radical (unpaired) electrons. The Morgan fingerprint density at radius 1 is 0.809 bits per heavy atom. The van der Waals surface area contributed by atoms with Crippen LogP contribution in [-0.2, 0) is 20.1 Å². The van der Waals surface area contributed by atoms with Crippen LogP contribution in [0.1, 0.15) is 91.4 Å². The van der Waals surface area contributed by atoms with E-state index in [1.54, 1.807) is 18.2 Å². The molecule has 0 amide bonds. The van der Waals surface area contributed by atoms with Crippen molar-refractivity contribution in [3.8, 4) is 22.5 Å². The molecule has 8 rings (SSSR count). The molecule has 1 aliphatic carbocycles. The van der Waals surface area contributed by atoms with Gasteiger partial charge in [0.05, 0.1) is 5.58 Å². The van der Waals surface area contributed by atoms with Crippen LogP contribution in [0.3, 0.4) is 0 Å². The Kier molecular flexibility index (Phi) is 5.69. The molecule has 4 heterocycles. The van der Waals surface area contributed by atoms with Crippen LogP contribution in [-0.4, -0.2) is 15.0 Å². The average molecular weight is 811 g/mol. The molecule has 1 aliphatic rings. The van der Waals surface area contributed by atoms with Gasteiger partial charge in [0, 0.05) is 61.6 Å². The summed E-state index contributed by atoms with van der Waals surface area (Å²) in [6.07, 6.45) is 5.56. The van der Waals surface area contributed by atoms with E-state index in [2.05, 4.69) is 35.9 Å². The zero-order chi connectivity index (χ0) is 42.9. The van der Waals surface area contributed by atoms with E-state index in [1.165, 1.54) is 30.5 Å². The summed E-state index contributed by atoms with van der Waals surface area (Å²) in [5.41, 5.74) is 3.78. The largest absolute Gasteiger partial charge is 0.498 e. The zero-order valence-electron chi connectivity index (χ0n) is 38.7. The molecule has 5 nitrogen and oxygen atoms in total. The smallest absolute Gasteiger partial charge is 0.198 e. The average Bonchev–Trinajstić information content (AvgIpc) is 3.78. The number of benzene rings is 3. The van der Waals surface area contributed by atoms with Crippen LogP contribution < -0.4 is 0 Å². The van der Waals surface area contributed by atoms with Gasteiger partial charge in [-0.25, -0.2) is 4.98 Å². The monoisotopic (exact) mass is 811 g/mol. The maximum atomic E-state index is 9.08. The standard InChI is InChI=1S/C28H27N2O2.C13H12N.Ir/c1-16-14-22(29-15-17(16)2)21-7-5-6-19-20-8-9-23-24(26(20)32-25(19)21)30-27(31-23)18-10-12-28(3,4)13-11-18;1-10-3-6-12(7-4-10)13-8-5-11(2)9-14-13;/h5-6,8-9,14-15,18H,10-13H2,1-4H3;3-6,8-9H,1-2H3;/q2*-1;/i1D3,2D3,18D;1D3,2D3;. The van der Waals surface area contributed by atoms with Crippen LogP contribution in [0.2, 0.25) is 0 Å². The zero-order valence-corrected chi connectivity index (χ0v) is 28.1. The second kappa shape index (κ2) is 13.2. The molecule has 0 unspecified atom stereocenters. The summed E-state index contributed by atoms with van der Waals surface area (Å²) in [4.78, 5) is 13.1. The molecule has 0 saturated heterocycles. The van der Waals surface area contributed by atoms with Gasteiger partial charge in [0.2, 0.25) is 0 Å². The Labute approximate surface area is 308 Å². The number of furan rings is 1. The first-order chi connectivity index (χ1) is 27.3. The summed E-state index contributed by atoms with van der Waals surface area (Å²) in [6.45, 7) is -5.17. The van der Waals surface area contributed by atoms with Gasteiger partial charge in [-0.05, 0) is 86.3 Å². The number of nitrogens with zero attached hydrogens (tertiary/aromatic N) is 3. The van der Waals surface area contributed by atoms with E-state index < -0.39 is 33.3 Å². The van der Waals surface area contributed by atoms with E-state index in [4.69, 9.17) is 31.6 Å². The minimum Gasteiger partial charge on any atom is -0.498 e. The molecule has 0 atom stereocenters. The first kappa shape index (κ1) is 20.3. The summed E-state index contributed by atoms with van der Waals surface area (Å²) < 4.78 is 112. The number of fused-ring (bicyclic) bond motifs is 5. The molecule has 47 heavy (non-hydrogen) atoms. The number of aromatic nitrogens is 3. The summed E-state index contributed by atoms with van der Waals surface area (Å²) in [6, 6.07) is 22.1. The van der Waals surface area contributed by atoms with Gasteiger partial charge in [-0.1, -0.05) is 55.4 Å². The van der Waals surface area contributed by atoms with E-state index in [-0.39, 0.29) is 53.5 Å². The maximum Gasteiger partial charge on any atom is 0.198 e. The van der Waals surface area contributed by atoms with Crippen molar-refractivity contribution in [2.75, 3.05) is 0 Å². The fourth-order valence-corrected chi connectivity index (χ4v) is 5.70. The van der Waals surface area contributed by atoms with Gasteiger partial charge >= 0.3 is 0 Å². The summed E-state index contributed by atoms with van der Waals surface area (Å²) in [7, 11) is 0. The summed E-state index contributed by atoms with van der Waals surface area (Å²) >= 11 is 0. The molecule has 0 aliphatic heterocycles. The van der Waals surface area contributed by atoms with Crippen LogP contribution >= 0.6 is 0 Å². The molecule has 1 fully saturated rings. The Morgan fingerprint density at radius 3 is 2.32 bits per heavy atom. The molecule has 1 saturated carbocycles. The van der Waals surface area contributed by atoms with E-state index in [0.29, 0.717) is 57.8 Å². The van der Waals surface area contributed by atoms with Crippen molar-refractivity contribution in [2.45, 2.75) is 72.8 Å². The van der Waals surface area contributed by atoms with Gasteiger partial charge in [0.15, 0.2) is 22.6 Å². The molecule has 0 bridgehead atoms. The molecule has 6 heteroatoms. The quantitative estimate of drug-likeness (QED) is 0.166. The second-order valence-corrected chi connectivity index (χ2v) is 12.3. The van der Waals surface area contributed by atoms with Crippen LogP contribution in [0.4, 0.5) is 0 Å². The van der Waals surface area contributed by atoms with Gasteiger partial charge < -0.3 is 18.8 Å². The van der Waals surface area contributed by atoms with Gasteiger partial charge in [-0.3, -0.25) is 0 Å². The summed E-state index contributed by atoms with van der Waals surface area (Å²) in [5, 5.41) is 1.54. The fraction of sp³-hybridized carbons (Fsp3) is 0.293. The van der Waals surface area contributed by atoms with Crippen molar-refractivity contribution in [1.82, 2.24) is 15.0 Å². The van der Waals surface area contributed by atoms with E-state index >= 15 is 0 Å². The van der Waals surface area contributed by atoms with Gasteiger partial charge in [0.1, 0.15) is 0 Å². The van der Waals surface area contributed by atoms with Crippen LogP contribution in [0.25, 0.3) is 55.6 Å². The number of aryl methyl sites for hydroxylation is 4. The molecule has 0 N–H and O–H groups in total. The molecule has 4 aromatic heterocycles. The predicted octanol–water partition coefficient (Wildman–Crippen LogP) is 11.1. The number of hydrogen-bond donors (Lipinski definition) is 0. The van der Waals surface area contributed by atoms with Gasteiger partial charge in [0.25, 0.3) is 0 Å². The molecule has 7 aromatic rings. The number of oxazole rings is 1. The Bertz CT molecular complexity index is 2590. The first-order valence-corrected chi connectivity index (χ1v) is 15.0. The number of rotatable bonds is 3. The van der Waals surface area contributed by atoms with E-state index in [9.17, 15) is 0 Å². The van der Waals surface area contributed by atoms with E-state index in [0.717, 1.165) is 29.8 Å².